The van der Waals surface area contributed by atoms with Crippen molar-refractivity contribution in [3.8, 4) is 5.69 Å². The molecule has 21 heavy (non-hydrogen) atoms. The molecule has 112 valence electrons. The van der Waals surface area contributed by atoms with E-state index in [1.54, 1.807) is 6.92 Å². The summed E-state index contributed by atoms with van der Waals surface area (Å²) in [6, 6.07) is 2.26. The van der Waals surface area contributed by atoms with Gasteiger partial charge in [0, 0.05) is 10.9 Å². The number of hydrogen-bond acceptors (Lipinski definition) is 4. The molecule has 0 aliphatic rings. The Morgan fingerprint density at radius 3 is 2.52 bits per heavy atom. The SMILES string of the molecule is CCc1nnc(SCC(=O)O)n1-c1c(F)cc(Br)cc1F. The summed E-state index contributed by atoms with van der Waals surface area (Å²) in [6.07, 6.45) is 0.398. The van der Waals surface area contributed by atoms with Crippen molar-refractivity contribution in [1.82, 2.24) is 14.8 Å². The van der Waals surface area contributed by atoms with E-state index in [0.29, 0.717) is 12.2 Å². The lowest BCUT2D eigenvalue weighted by atomic mass is 10.2. The molecule has 2 rings (SSSR count). The van der Waals surface area contributed by atoms with E-state index in [-0.39, 0.29) is 21.1 Å². The zero-order chi connectivity index (χ0) is 15.6. The van der Waals surface area contributed by atoms with Crippen molar-refractivity contribution >= 4 is 33.7 Å². The van der Waals surface area contributed by atoms with Crippen LogP contribution in [0.2, 0.25) is 0 Å². The van der Waals surface area contributed by atoms with Gasteiger partial charge in [0.25, 0.3) is 0 Å². The van der Waals surface area contributed by atoms with Crippen LogP contribution in [0.3, 0.4) is 0 Å². The smallest absolute Gasteiger partial charge is 0.313 e. The number of aromatic nitrogens is 3. The minimum atomic E-state index is -1.05. The third kappa shape index (κ3) is 3.41. The topological polar surface area (TPSA) is 68.0 Å². The van der Waals surface area contributed by atoms with Crippen LogP contribution in [0.1, 0.15) is 12.7 Å². The van der Waals surface area contributed by atoms with Crippen LogP contribution < -0.4 is 0 Å². The summed E-state index contributed by atoms with van der Waals surface area (Å²) in [6.45, 7) is 1.76. The Morgan fingerprint density at radius 1 is 1.38 bits per heavy atom. The number of halogens is 3. The van der Waals surface area contributed by atoms with E-state index < -0.39 is 17.6 Å². The van der Waals surface area contributed by atoms with Crippen LogP contribution in [0.15, 0.2) is 21.8 Å². The lowest BCUT2D eigenvalue weighted by molar-refractivity contribution is -0.133. The van der Waals surface area contributed by atoms with Crippen LogP contribution in [-0.2, 0) is 11.2 Å². The summed E-state index contributed by atoms with van der Waals surface area (Å²) in [5, 5.41) is 16.5. The second kappa shape index (κ2) is 6.52. The molecule has 0 amide bonds. The molecule has 0 atom stereocenters. The summed E-state index contributed by atoms with van der Waals surface area (Å²) in [5.74, 6) is -2.55. The molecule has 0 aliphatic carbocycles. The molecule has 0 spiro atoms. The van der Waals surface area contributed by atoms with Gasteiger partial charge >= 0.3 is 5.97 Å². The lowest BCUT2D eigenvalue weighted by Gasteiger charge is -2.11. The van der Waals surface area contributed by atoms with Crippen molar-refractivity contribution < 1.29 is 18.7 Å². The largest absolute Gasteiger partial charge is 0.481 e. The van der Waals surface area contributed by atoms with Gasteiger partial charge in [-0.05, 0) is 12.1 Å². The molecule has 1 heterocycles. The van der Waals surface area contributed by atoms with Crippen molar-refractivity contribution in [2.45, 2.75) is 18.5 Å². The van der Waals surface area contributed by atoms with E-state index in [0.717, 1.165) is 23.9 Å². The molecule has 1 N–H and O–H groups in total. The Hall–Kier alpha value is -1.48. The molecule has 0 saturated carbocycles. The maximum Gasteiger partial charge on any atom is 0.313 e. The molecular formula is C12H10BrF2N3O2S. The molecule has 0 saturated heterocycles. The second-order valence-electron chi connectivity index (χ2n) is 3.99. The third-order valence-corrected chi connectivity index (χ3v) is 3.92. The summed E-state index contributed by atoms with van der Waals surface area (Å²) in [7, 11) is 0. The maximum absolute atomic E-state index is 14.1. The molecule has 5 nitrogen and oxygen atoms in total. The first-order chi connectivity index (χ1) is 9.93. The molecule has 2 aromatic rings. The van der Waals surface area contributed by atoms with Gasteiger partial charge in [-0.1, -0.05) is 34.6 Å². The van der Waals surface area contributed by atoms with Gasteiger partial charge in [0.15, 0.2) is 16.8 Å². The van der Waals surface area contributed by atoms with Crippen LogP contribution in [0.5, 0.6) is 0 Å². The van der Waals surface area contributed by atoms with Crippen molar-refractivity contribution in [2.24, 2.45) is 0 Å². The molecule has 1 aromatic heterocycles. The Kier molecular flexibility index (Phi) is 4.94. The number of thioether (sulfide) groups is 1. The fourth-order valence-corrected chi connectivity index (χ4v) is 2.80. The van der Waals surface area contributed by atoms with Crippen molar-refractivity contribution in [3.63, 3.8) is 0 Å². The number of aryl methyl sites for hydroxylation is 1. The number of aliphatic carboxylic acids is 1. The number of carboxylic acids is 1. The molecule has 0 aliphatic heterocycles. The molecule has 0 bridgehead atoms. The highest BCUT2D eigenvalue weighted by molar-refractivity contribution is 9.10. The van der Waals surface area contributed by atoms with Gasteiger partial charge in [-0.3, -0.25) is 9.36 Å². The Balaban J connectivity index is 2.56. The summed E-state index contributed by atoms with van der Waals surface area (Å²) in [5.41, 5.74) is -0.312. The van der Waals surface area contributed by atoms with E-state index in [4.69, 9.17) is 5.11 Å². The highest BCUT2D eigenvalue weighted by atomic mass is 79.9. The number of rotatable bonds is 5. The van der Waals surface area contributed by atoms with E-state index >= 15 is 0 Å². The highest BCUT2D eigenvalue weighted by Crippen LogP contribution is 2.28. The second-order valence-corrected chi connectivity index (χ2v) is 5.85. The number of benzene rings is 1. The predicted octanol–water partition coefficient (Wildman–Crippen LogP) is 3.05. The molecule has 0 fully saturated rings. The van der Waals surface area contributed by atoms with Crippen LogP contribution in [0.25, 0.3) is 5.69 Å². The Bertz CT molecular complexity index is 670. The van der Waals surface area contributed by atoms with Crippen molar-refractivity contribution in [3.05, 3.63) is 34.1 Å². The maximum atomic E-state index is 14.1. The van der Waals surface area contributed by atoms with Crippen LogP contribution >= 0.6 is 27.7 Å². The summed E-state index contributed by atoms with van der Waals surface area (Å²) < 4.78 is 29.7. The Labute approximate surface area is 131 Å². The molecule has 9 heteroatoms. The average Bonchev–Trinajstić information content (AvgIpc) is 2.78. The van der Waals surface area contributed by atoms with Gasteiger partial charge in [-0.25, -0.2) is 8.78 Å². The fraction of sp³-hybridized carbons (Fsp3) is 0.250. The summed E-state index contributed by atoms with van der Waals surface area (Å²) >= 11 is 3.86. The van der Waals surface area contributed by atoms with Gasteiger partial charge in [-0.2, -0.15) is 0 Å². The van der Waals surface area contributed by atoms with Gasteiger partial charge in [0.2, 0.25) is 0 Å². The molecule has 0 radical (unpaired) electrons. The first-order valence-electron chi connectivity index (χ1n) is 5.87. The first-order valence-corrected chi connectivity index (χ1v) is 7.65. The van der Waals surface area contributed by atoms with Crippen LogP contribution in [0.4, 0.5) is 8.78 Å². The van der Waals surface area contributed by atoms with Crippen molar-refractivity contribution in [1.29, 1.82) is 0 Å². The predicted molar refractivity (Wildman–Crippen MR) is 76.7 cm³/mol. The van der Waals surface area contributed by atoms with E-state index in [1.165, 1.54) is 4.57 Å². The molecule has 0 unspecified atom stereocenters. The fourth-order valence-electron chi connectivity index (χ4n) is 1.72. The minimum Gasteiger partial charge on any atom is -0.481 e. The number of hydrogen-bond donors (Lipinski definition) is 1. The summed E-state index contributed by atoms with van der Waals surface area (Å²) in [4.78, 5) is 10.6. The van der Waals surface area contributed by atoms with E-state index in [1.807, 2.05) is 0 Å². The molecule has 1 aromatic carbocycles. The monoisotopic (exact) mass is 377 g/mol. The zero-order valence-electron chi connectivity index (χ0n) is 10.8. The average molecular weight is 378 g/mol. The number of carbonyl (C=O) groups is 1. The normalized spacial score (nSPS) is 10.9. The van der Waals surface area contributed by atoms with Gasteiger partial charge in [0.1, 0.15) is 11.5 Å². The van der Waals surface area contributed by atoms with E-state index in [2.05, 4.69) is 26.1 Å². The Morgan fingerprint density at radius 2 is 2.00 bits per heavy atom. The number of carboxylic acid groups (broad SMARTS) is 1. The van der Waals surface area contributed by atoms with Crippen molar-refractivity contribution in [2.75, 3.05) is 5.75 Å². The highest BCUT2D eigenvalue weighted by Gasteiger charge is 2.21. The minimum absolute atomic E-state index is 0.134. The van der Waals surface area contributed by atoms with Gasteiger partial charge in [-0.15, -0.1) is 10.2 Å². The number of nitrogens with zero attached hydrogens (tertiary/aromatic N) is 3. The standard InChI is InChI=1S/C12H10BrF2N3O2S/c1-2-9-16-17-12(21-5-10(19)20)18(9)11-7(14)3-6(13)4-8(11)15/h3-4H,2,5H2,1H3,(H,19,20). The van der Waals surface area contributed by atoms with Crippen LogP contribution in [-0.4, -0.2) is 31.6 Å². The molecular weight excluding hydrogens is 368 g/mol. The van der Waals surface area contributed by atoms with Crippen LogP contribution in [0, 0.1) is 11.6 Å². The zero-order valence-corrected chi connectivity index (χ0v) is 13.2. The van der Waals surface area contributed by atoms with E-state index in [9.17, 15) is 13.6 Å². The first kappa shape index (κ1) is 15.9. The third-order valence-electron chi connectivity index (χ3n) is 2.55. The quantitative estimate of drug-likeness (QED) is 0.811. The lowest BCUT2D eigenvalue weighted by Crippen LogP contribution is -2.08. The van der Waals surface area contributed by atoms with Gasteiger partial charge in [0.05, 0.1) is 5.75 Å². The van der Waals surface area contributed by atoms with Gasteiger partial charge < -0.3 is 5.11 Å².